The summed E-state index contributed by atoms with van der Waals surface area (Å²) < 4.78 is 5.29. The number of hydrogen-bond acceptors (Lipinski definition) is 6. The minimum absolute atomic E-state index is 0.116. The van der Waals surface area contributed by atoms with E-state index in [0.717, 1.165) is 43.7 Å². The summed E-state index contributed by atoms with van der Waals surface area (Å²) in [5, 5.41) is 2.53. The summed E-state index contributed by atoms with van der Waals surface area (Å²) in [5.74, 6) is 0.479. The number of methoxy groups -OCH3 is 1. The number of urea groups is 1. The number of fused-ring (bicyclic) bond motifs is 1. The number of nitrogens with one attached hydrogen (secondary N) is 1. The van der Waals surface area contributed by atoms with Crippen LogP contribution in [0.4, 0.5) is 4.79 Å². The van der Waals surface area contributed by atoms with Crippen LogP contribution in [-0.2, 0) is 17.8 Å². The molecule has 0 bridgehead atoms. The quantitative estimate of drug-likeness (QED) is 0.757. The second-order valence-corrected chi connectivity index (χ2v) is 5.39. The van der Waals surface area contributed by atoms with Crippen molar-refractivity contribution in [2.75, 3.05) is 33.3 Å². The number of carbonyl (C=O) groups is 2. The molecule has 0 saturated carbocycles. The minimum atomic E-state index is -0.288. The number of rotatable bonds is 5. The lowest BCUT2D eigenvalue weighted by Gasteiger charge is -2.28. The Morgan fingerprint density at radius 2 is 2.18 bits per heavy atom. The zero-order chi connectivity index (χ0) is 15.5. The van der Waals surface area contributed by atoms with Crippen molar-refractivity contribution in [1.29, 1.82) is 0 Å². The first-order valence-corrected chi connectivity index (χ1v) is 7.36. The van der Waals surface area contributed by atoms with Gasteiger partial charge in [0.15, 0.2) is 0 Å². The fraction of sp³-hybridized carbons (Fsp3) is 0.571. The predicted octanol–water partition coefficient (Wildman–Crippen LogP) is -0.215. The SMILES string of the molecule is COc1ncnc2c1CN(CCCN1C(=O)CNC1=O)CC2. The third-order valence-electron chi connectivity index (χ3n) is 4.03. The summed E-state index contributed by atoms with van der Waals surface area (Å²) in [6, 6.07) is -0.288. The van der Waals surface area contributed by atoms with Gasteiger partial charge in [-0.1, -0.05) is 0 Å². The Hall–Kier alpha value is -2.22. The summed E-state index contributed by atoms with van der Waals surface area (Å²) in [6.07, 6.45) is 3.15. The standard InChI is InChI=1S/C14H19N5O3/c1-22-13-10-8-18(6-3-11(10)16-9-17-13)4-2-5-19-12(20)7-15-14(19)21/h9H,2-8H2,1H3,(H,15,21). The summed E-state index contributed by atoms with van der Waals surface area (Å²) in [4.78, 5) is 35.0. The summed E-state index contributed by atoms with van der Waals surface area (Å²) in [7, 11) is 1.61. The molecule has 2 aliphatic rings. The predicted molar refractivity (Wildman–Crippen MR) is 77.3 cm³/mol. The molecule has 0 radical (unpaired) electrons. The van der Waals surface area contributed by atoms with E-state index in [9.17, 15) is 9.59 Å². The molecular weight excluding hydrogens is 286 g/mol. The second kappa shape index (κ2) is 6.27. The van der Waals surface area contributed by atoms with E-state index in [0.29, 0.717) is 12.4 Å². The highest BCUT2D eigenvalue weighted by Gasteiger charge is 2.28. The van der Waals surface area contributed by atoms with Gasteiger partial charge in [-0.05, 0) is 6.42 Å². The van der Waals surface area contributed by atoms with Crippen LogP contribution in [0.3, 0.4) is 0 Å². The van der Waals surface area contributed by atoms with E-state index < -0.39 is 0 Å². The normalized spacial score (nSPS) is 18.3. The van der Waals surface area contributed by atoms with E-state index >= 15 is 0 Å². The van der Waals surface area contributed by atoms with Gasteiger partial charge in [-0.25, -0.2) is 14.8 Å². The van der Waals surface area contributed by atoms with Crippen LogP contribution in [0, 0.1) is 0 Å². The number of hydrogen-bond donors (Lipinski definition) is 1. The van der Waals surface area contributed by atoms with Crippen LogP contribution >= 0.6 is 0 Å². The average Bonchev–Trinajstić information content (AvgIpc) is 2.86. The smallest absolute Gasteiger partial charge is 0.324 e. The van der Waals surface area contributed by atoms with Crippen LogP contribution in [0.25, 0.3) is 0 Å². The van der Waals surface area contributed by atoms with Gasteiger partial charge in [-0.2, -0.15) is 0 Å². The molecule has 22 heavy (non-hydrogen) atoms. The van der Waals surface area contributed by atoms with Crippen LogP contribution in [0.5, 0.6) is 5.88 Å². The molecule has 0 unspecified atom stereocenters. The maximum absolute atomic E-state index is 11.5. The molecule has 0 spiro atoms. The number of carbonyl (C=O) groups excluding carboxylic acids is 2. The second-order valence-electron chi connectivity index (χ2n) is 5.39. The van der Waals surface area contributed by atoms with Crippen molar-refractivity contribution in [2.24, 2.45) is 0 Å². The Labute approximate surface area is 128 Å². The first kappa shape index (κ1) is 14.7. The molecule has 1 aromatic rings. The lowest BCUT2D eigenvalue weighted by atomic mass is 10.1. The van der Waals surface area contributed by atoms with Crippen molar-refractivity contribution < 1.29 is 14.3 Å². The molecule has 2 aliphatic heterocycles. The van der Waals surface area contributed by atoms with Gasteiger partial charge >= 0.3 is 6.03 Å². The number of amides is 3. The van der Waals surface area contributed by atoms with Gasteiger partial charge in [0, 0.05) is 38.2 Å². The van der Waals surface area contributed by atoms with E-state index in [1.807, 2.05) is 0 Å². The van der Waals surface area contributed by atoms with Crippen LogP contribution in [0.2, 0.25) is 0 Å². The van der Waals surface area contributed by atoms with Gasteiger partial charge in [0.1, 0.15) is 6.33 Å². The van der Waals surface area contributed by atoms with Gasteiger partial charge in [0.05, 0.1) is 19.3 Å². The number of imide groups is 1. The third-order valence-corrected chi connectivity index (χ3v) is 4.03. The van der Waals surface area contributed by atoms with Crippen molar-refractivity contribution in [1.82, 2.24) is 25.1 Å². The summed E-state index contributed by atoms with van der Waals surface area (Å²) in [6.45, 7) is 3.03. The zero-order valence-electron chi connectivity index (χ0n) is 12.5. The maximum Gasteiger partial charge on any atom is 0.324 e. The molecular formula is C14H19N5O3. The van der Waals surface area contributed by atoms with E-state index in [1.54, 1.807) is 7.11 Å². The molecule has 1 aromatic heterocycles. The Morgan fingerprint density at radius 3 is 2.91 bits per heavy atom. The molecule has 3 heterocycles. The van der Waals surface area contributed by atoms with E-state index in [1.165, 1.54) is 11.2 Å². The van der Waals surface area contributed by atoms with Crippen molar-refractivity contribution in [3.63, 3.8) is 0 Å². The molecule has 3 rings (SSSR count). The lowest BCUT2D eigenvalue weighted by molar-refractivity contribution is -0.125. The fourth-order valence-electron chi connectivity index (χ4n) is 2.87. The molecule has 8 nitrogen and oxygen atoms in total. The number of aromatic nitrogens is 2. The van der Waals surface area contributed by atoms with Crippen molar-refractivity contribution in [3.05, 3.63) is 17.6 Å². The molecule has 1 saturated heterocycles. The number of ether oxygens (including phenoxy) is 1. The van der Waals surface area contributed by atoms with Crippen molar-refractivity contribution in [3.8, 4) is 5.88 Å². The van der Waals surface area contributed by atoms with Crippen molar-refractivity contribution >= 4 is 11.9 Å². The highest BCUT2D eigenvalue weighted by atomic mass is 16.5. The third kappa shape index (κ3) is 2.87. The molecule has 0 atom stereocenters. The first-order valence-electron chi connectivity index (χ1n) is 7.36. The number of nitrogens with zero attached hydrogens (tertiary/aromatic N) is 4. The molecule has 3 amide bonds. The molecule has 1 N–H and O–H groups in total. The minimum Gasteiger partial charge on any atom is -0.481 e. The van der Waals surface area contributed by atoms with E-state index in [4.69, 9.17) is 4.74 Å². The van der Waals surface area contributed by atoms with Gasteiger partial charge in [0.2, 0.25) is 11.8 Å². The Morgan fingerprint density at radius 1 is 1.32 bits per heavy atom. The summed E-state index contributed by atoms with van der Waals surface area (Å²) >= 11 is 0. The van der Waals surface area contributed by atoms with Gasteiger partial charge in [0.25, 0.3) is 0 Å². The van der Waals surface area contributed by atoms with Crippen molar-refractivity contribution in [2.45, 2.75) is 19.4 Å². The lowest BCUT2D eigenvalue weighted by Crippen LogP contribution is -2.36. The monoisotopic (exact) mass is 305 g/mol. The Balaban J connectivity index is 1.54. The Kier molecular flexibility index (Phi) is 4.19. The van der Waals surface area contributed by atoms with E-state index in [-0.39, 0.29) is 18.5 Å². The molecule has 1 fully saturated rings. The fourth-order valence-corrected chi connectivity index (χ4v) is 2.87. The van der Waals surface area contributed by atoms with Gasteiger partial charge in [-0.3, -0.25) is 14.6 Å². The Bertz CT molecular complexity index is 562. The molecule has 8 heteroatoms. The van der Waals surface area contributed by atoms with Gasteiger partial charge in [-0.15, -0.1) is 0 Å². The summed E-state index contributed by atoms with van der Waals surface area (Å²) in [5.41, 5.74) is 2.07. The van der Waals surface area contributed by atoms with Crippen LogP contribution < -0.4 is 10.1 Å². The topological polar surface area (TPSA) is 87.7 Å². The largest absolute Gasteiger partial charge is 0.481 e. The molecule has 0 aromatic carbocycles. The van der Waals surface area contributed by atoms with E-state index in [2.05, 4.69) is 20.2 Å². The van der Waals surface area contributed by atoms with Gasteiger partial charge < -0.3 is 10.1 Å². The molecule has 118 valence electrons. The first-order chi connectivity index (χ1) is 10.7. The van der Waals surface area contributed by atoms with Crippen LogP contribution in [-0.4, -0.2) is 65.0 Å². The van der Waals surface area contributed by atoms with Crippen LogP contribution in [0.15, 0.2) is 6.33 Å². The highest BCUT2D eigenvalue weighted by Crippen LogP contribution is 2.24. The maximum atomic E-state index is 11.5. The zero-order valence-corrected chi connectivity index (χ0v) is 12.5. The average molecular weight is 305 g/mol. The van der Waals surface area contributed by atoms with Crippen LogP contribution in [0.1, 0.15) is 17.7 Å². The molecule has 0 aliphatic carbocycles. The highest BCUT2D eigenvalue weighted by molar-refractivity contribution is 6.01.